The molecule has 6 heteroatoms. The van der Waals surface area contributed by atoms with Crippen LogP contribution in [0.1, 0.15) is 39.5 Å². The number of carbonyl (C=O) groups is 1. The quantitative estimate of drug-likeness (QED) is 0.761. The molecule has 0 radical (unpaired) electrons. The third-order valence-electron chi connectivity index (χ3n) is 3.63. The van der Waals surface area contributed by atoms with Crippen molar-refractivity contribution in [3.8, 4) is 11.4 Å². The summed E-state index contributed by atoms with van der Waals surface area (Å²) < 4.78 is 10.5. The molecular formula is C15H19N3O3. The number of carbonyl (C=O) groups excluding carboxylic acids is 1. The number of hydrogen-bond donors (Lipinski definition) is 0. The lowest BCUT2D eigenvalue weighted by Crippen LogP contribution is -2.36. The summed E-state index contributed by atoms with van der Waals surface area (Å²) in [6.45, 7) is 5.93. The van der Waals surface area contributed by atoms with Gasteiger partial charge in [-0.25, -0.2) is 0 Å². The zero-order valence-electron chi connectivity index (χ0n) is 12.5. The Morgan fingerprint density at radius 2 is 2.10 bits per heavy atom. The number of pyridine rings is 1. The van der Waals surface area contributed by atoms with E-state index in [1.165, 1.54) is 0 Å². The number of hydrogen-bond acceptors (Lipinski definition) is 6. The number of ether oxygens (including phenoxy) is 1. The van der Waals surface area contributed by atoms with Crippen LogP contribution in [0.15, 0.2) is 29.0 Å². The smallest absolute Gasteiger partial charge is 0.321 e. The lowest BCUT2D eigenvalue weighted by Gasteiger charge is -2.24. The van der Waals surface area contributed by atoms with E-state index in [1.807, 2.05) is 19.9 Å². The van der Waals surface area contributed by atoms with Crippen molar-refractivity contribution >= 4 is 5.97 Å². The van der Waals surface area contributed by atoms with Crippen molar-refractivity contribution in [2.45, 2.75) is 39.0 Å². The Balaban J connectivity index is 2.39. The summed E-state index contributed by atoms with van der Waals surface area (Å²) in [4.78, 5) is 20.7. The summed E-state index contributed by atoms with van der Waals surface area (Å²) in [6.07, 6.45) is 4.40. The van der Waals surface area contributed by atoms with Gasteiger partial charge in [0.05, 0.1) is 6.61 Å². The highest BCUT2D eigenvalue weighted by Gasteiger charge is 2.44. The van der Waals surface area contributed by atoms with Gasteiger partial charge in [0.2, 0.25) is 11.7 Å². The standard InChI is InChI=1S/C15H19N3O3/c1-4-15(5-2,14(19)20-6-3)13-17-12(18-21-13)11-8-7-9-16-10-11/h7-10H,4-6H2,1-3H3. The Bertz CT molecular complexity index is 591. The van der Waals surface area contributed by atoms with E-state index in [4.69, 9.17) is 9.26 Å². The summed E-state index contributed by atoms with van der Waals surface area (Å²) in [5, 5.41) is 3.96. The van der Waals surface area contributed by atoms with Crippen LogP contribution in [-0.4, -0.2) is 27.7 Å². The summed E-state index contributed by atoms with van der Waals surface area (Å²) >= 11 is 0. The second kappa shape index (κ2) is 6.47. The van der Waals surface area contributed by atoms with Gasteiger partial charge >= 0.3 is 5.97 Å². The summed E-state index contributed by atoms with van der Waals surface area (Å²) in [5.74, 6) is 0.398. The fraction of sp³-hybridized carbons (Fsp3) is 0.467. The van der Waals surface area contributed by atoms with Crippen LogP contribution in [0, 0.1) is 0 Å². The normalized spacial score (nSPS) is 11.4. The van der Waals surface area contributed by atoms with E-state index in [0.29, 0.717) is 31.2 Å². The van der Waals surface area contributed by atoms with Crippen molar-refractivity contribution in [2.24, 2.45) is 0 Å². The number of nitrogens with zero attached hydrogens (tertiary/aromatic N) is 3. The number of rotatable bonds is 6. The average molecular weight is 289 g/mol. The highest BCUT2D eigenvalue weighted by atomic mass is 16.5. The predicted octanol–water partition coefficient (Wildman–Crippen LogP) is 2.75. The minimum absolute atomic E-state index is 0.296. The molecular weight excluding hydrogens is 270 g/mol. The number of esters is 1. The summed E-state index contributed by atoms with van der Waals surface area (Å²) in [7, 11) is 0. The van der Waals surface area contributed by atoms with Gasteiger partial charge in [0.25, 0.3) is 0 Å². The molecule has 0 fully saturated rings. The van der Waals surface area contributed by atoms with Crippen molar-refractivity contribution in [2.75, 3.05) is 6.61 Å². The van der Waals surface area contributed by atoms with Crippen LogP contribution in [-0.2, 0) is 14.9 Å². The second-order valence-electron chi connectivity index (χ2n) is 4.67. The van der Waals surface area contributed by atoms with Gasteiger partial charge in [-0.15, -0.1) is 0 Å². The molecule has 0 aliphatic carbocycles. The van der Waals surface area contributed by atoms with Crippen LogP contribution in [0.25, 0.3) is 11.4 Å². The van der Waals surface area contributed by atoms with Crippen LogP contribution in [0.3, 0.4) is 0 Å². The first-order chi connectivity index (χ1) is 10.2. The van der Waals surface area contributed by atoms with E-state index >= 15 is 0 Å². The van der Waals surface area contributed by atoms with E-state index in [2.05, 4.69) is 15.1 Å². The SMILES string of the molecule is CCOC(=O)C(CC)(CC)c1nc(-c2cccnc2)no1. The second-order valence-corrected chi connectivity index (χ2v) is 4.67. The summed E-state index contributed by atoms with van der Waals surface area (Å²) in [6, 6.07) is 3.63. The molecule has 0 N–H and O–H groups in total. The van der Waals surface area contributed by atoms with E-state index < -0.39 is 5.41 Å². The van der Waals surface area contributed by atoms with Crippen LogP contribution in [0.2, 0.25) is 0 Å². The van der Waals surface area contributed by atoms with E-state index in [9.17, 15) is 4.79 Å². The van der Waals surface area contributed by atoms with Crippen molar-refractivity contribution < 1.29 is 14.1 Å². The molecule has 112 valence electrons. The van der Waals surface area contributed by atoms with Crippen LogP contribution in [0.5, 0.6) is 0 Å². The van der Waals surface area contributed by atoms with Gasteiger partial charge in [-0.1, -0.05) is 19.0 Å². The van der Waals surface area contributed by atoms with Gasteiger partial charge in [0.1, 0.15) is 5.41 Å². The molecule has 0 atom stereocenters. The monoisotopic (exact) mass is 289 g/mol. The molecule has 2 aromatic heterocycles. The zero-order valence-corrected chi connectivity index (χ0v) is 12.5. The van der Waals surface area contributed by atoms with Crippen molar-refractivity contribution in [3.63, 3.8) is 0 Å². The van der Waals surface area contributed by atoms with Crippen molar-refractivity contribution in [1.82, 2.24) is 15.1 Å². The van der Waals surface area contributed by atoms with Crippen LogP contribution in [0.4, 0.5) is 0 Å². The maximum atomic E-state index is 12.3. The fourth-order valence-electron chi connectivity index (χ4n) is 2.23. The molecule has 0 bridgehead atoms. The first kappa shape index (κ1) is 15.2. The van der Waals surface area contributed by atoms with Gasteiger partial charge < -0.3 is 9.26 Å². The molecule has 0 amide bonds. The first-order valence-electron chi connectivity index (χ1n) is 7.09. The molecule has 0 aromatic carbocycles. The highest BCUT2D eigenvalue weighted by Crippen LogP contribution is 2.33. The Labute approximate surface area is 123 Å². The molecule has 21 heavy (non-hydrogen) atoms. The van der Waals surface area contributed by atoms with Crippen LogP contribution >= 0.6 is 0 Å². The topological polar surface area (TPSA) is 78.1 Å². The Morgan fingerprint density at radius 1 is 1.33 bits per heavy atom. The van der Waals surface area contributed by atoms with Gasteiger partial charge in [0.15, 0.2) is 0 Å². The molecule has 0 aliphatic heterocycles. The minimum Gasteiger partial charge on any atom is -0.465 e. The molecule has 2 rings (SSSR count). The molecule has 0 spiro atoms. The zero-order chi connectivity index (χ0) is 15.3. The molecule has 2 aromatic rings. The van der Waals surface area contributed by atoms with Gasteiger partial charge in [0, 0.05) is 18.0 Å². The maximum absolute atomic E-state index is 12.3. The predicted molar refractivity (Wildman–Crippen MR) is 76.4 cm³/mol. The van der Waals surface area contributed by atoms with Gasteiger partial charge in [-0.05, 0) is 31.9 Å². The lowest BCUT2D eigenvalue weighted by molar-refractivity contribution is -0.151. The molecule has 0 aliphatic rings. The fourth-order valence-corrected chi connectivity index (χ4v) is 2.23. The maximum Gasteiger partial charge on any atom is 0.321 e. The van der Waals surface area contributed by atoms with Crippen molar-refractivity contribution in [1.29, 1.82) is 0 Å². The van der Waals surface area contributed by atoms with E-state index in [0.717, 1.165) is 5.56 Å². The van der Waals surface area contributed by atoms with Gasteiger partial charge in [-0.3, -0.25) is 9.78 Å². The minimum atomic E-state index is -0.885. The third kappa shape index (κ3) is 2.79. The number of aromatic nitrogens is 3. The van der Waals surface area contributed by atoms with Gasteiger partial charge in [-0.2, -0.15) is 4.98 Å². The Kier molecular flexibility index (Phi) is 4.67. The Hall–Kier alpha value is -2.24. The largest absolute Gasteiger partial charge is 0.465 e. The molecule has 0 saturated heterocycles. The van der Waals surface area contributed by atoms with E-state index in [1.54, 1.807) is 25.4 Å². The van der Waals surface area contributed by atoms with E-state index in [-0.39, 0.29) is 5.97 Å². The lowest BCUT2D eigenvalue weighted by atomic mass is 9.82. The molecule has 0 saturated carbocycles. The molecule has 0 unspecified atom stereocenters. The van der Waals surface area contributed by atoms with Crippen LogP contribution < -0.4 is 0 Å². The third-order valence-corrected chi connectivity index (χ3v) is 3.63. The van der Waals surface area contributed by atoms with Crippen molar-refractivity contribution in [3.05, 3.63) is 30.4 Å². The molecule has 2 heterocycles. The summed E-state index contributed by atoms with van der Waals surface area (Å²) in [5.41, 5.74) is -0.138. The highest BCUT2D eigenvalue weighted by molar-refractivity contribution is 5.81. The Morgan fingerprint density at radius 3 is 2.67 bits per heavy atom. The molecule has 6 nitrogen and oxygen atoms in total. The first-order valence-corrected chi connectivity index (χ1v) is 7.09. The average Bonchev–Trinajstić information content (AvgIpc) is 3.01.